The van der Waals surface area contributed by atoms with Crippen LogP contribution in [0.5, 0.6) is 11.5 Å². The van der Waals surface area contributed by atoms with E-state index < -0.39 is 5.54 Å². The minimum atomic E-state index is -0.588. The van der Waals surface area contributed by atoms with Gasteiger partial charge in [0.2, 0.25) is 12.6 Å². The second kappa shape index (κ2) is 6.52. The van der Waals surface area contributed by atoms with Crippen LogP contribution >= 0.6 is 0 Å². The smallest absolute Gasteiger partial charge is 0.319 e. The molecule has 0 unspecified atom stereocenters. The zero-order valence-corrected chi connectivity index (χ0v) is 14.0. The fourth-order valence-corrected chi connectivity index (χ4v) is 3.46. The molecule has 2 heterocycles. The Hall–Kier alpha value is -3.34. The molecule has 1 fully saturated rings. The van der Waals surface area contributed by atoms with Crippen LogP contribution in [-0.2, 0) is 5.54 Å². The SMILES string of the molecule is N#Cc1nccc(C2(NC(=O)Nc3ccc4c(c3)OCO4)CCCC2)n1. The van der Waals surface area contributed by atoms with E-state index in [2.05, 4.69) is 20.6 Å². The zero-order chi connectivity index (χ0) is 18.0. The number of nitriles is 1. The molecule has 2 aromatic rings. The van der Waals surface area contributed by atoms with Crippen molar-refractivity contribution in [3.63, 3.8) is 0 Å². The minimum Gasteiger partial charge on any atom is -0.454 e. The van der Waals surface area contributed by atoms with Crippen LogP contribution in [0.15, 0.2) is 30.5 Å². The number of rotatable bonds is 3. The Balaban J connectivity index is 1.53. The summed E-state index contributed by atoms with van der Waals surface area (Å²) in [6, 6.07) is 8.61. The molecular formula is C18H17N5O3. The topological polar surface area (TPSA) is 109 Å². The van der Waals surface area contributed by atoms with Gasteiger partial charge in [-0.25, -0.2) is 14.8 Å². The number of carbonyl (C=O) groups is 1. The number of ether oxygens (including phenoxy) is 2. The van der Waals surface area contributed by atoms with Crippen LogP contribution in [0.3, 0.4) is 0 Å². The van der Waals surface area contributed by atoms with E-state index in [-0.39, 0.29) is 18.6 Å². The van der Waals surface area contributed by atoms with Crippen molar-refractivity contribution in [2.24, 2.45) is 0 Å². The van der Waals surface area contributed by atoms with Crippen molar-refractivity contribution in [2.45, 2.75) is 31.2 Å². The molecule has 8 nitrogen and oxygen atoms in total. The van der Waals surface area contributed by atoms with Crippen molar-refractivity contribution >= 4 is 11.7 Å². The standard InChI is InChI=1S/C18H17N5O3/c19-10-16-20-8-5-15(22-16)18(6-1-2-7-18)23-17(24)21-12-3-4-13-14(9-12)26-11-25-13/h3-5,8-9H,1-2,6-7,11H2,(H2,21,23,24). The van der Waals surface area contributed by atoms with Gasteiger partial charge in [-0.2, -0.15) is 5.26 Å². The van der Waals surface area contributed by atoms with Crippen LogP contribution in [0.4, 0.5) is 10.5 Å². The highest BCUT2D eigenvalue weighted by molar-refractivity contribution is 5.90. The molecule has 4 rings (SSSR count). The summed E-state index contributed by atoms with van der Waals surface area (Å²) in [6.07, 6.45) is 5.05. The first-order valence-corrected chi connectivity index (χ1v) is 8.41. The van der Waals surface area contributed by atoms with E-state index in [1.54, 1.807) is 30.5 Å². The Kier molecular flexibility index (Phi) is 4.05. The van der Waals surface area contributed by atoms with Gasteiger partial charge < -0.3 is 20.1 Å². The summed E-state index contributed by atoms with van der Waals surface area (Å²) in [5.74, 6) is 1.37. The number of hydrogen-bond acceptors (Lipinski definition) is 6. The summed E-state index contributed by atoms with van der Waals surface area (Å²) in [6.45, 7) is 0.184. The maximum absolute atomic E-state index is 12.6. The van der Waals surface area contributed by atoms with Gasteiger partial charge in [-0.1, -0.05) is 12.8 Å². The molecule has 0 bridgehead atoms. The summed E-state index contributed by atoms with van der Waals surface area (Å²) in [7, 11) is 0. The quantitative estimate of drug-likeness (QED) is 0.880. The van der Waals surface area contributed by atoms with E-state index in [0.717, 1.165) is 25.7 Å². The van der Waals surface area contributed by atoms with Crippen molar-refractivity contribution in [1.29, 1.82) is 5.26 Å². The Labute approximate surface area is 150 Å². The van der Waals surface area contributed by atoms with Gasteiger partial charge in [0.05, 0.1) is 11.2 Å². The van der Waals surface area contributed by atoms with Gasteiger partial charge in [-0.15, -0.1) is 0 Å². The first kappa shape index (κ1) is 16.1. The third-order valence-corrected chi connectivity index (χ3v) is 4.69. The van der Waals surface area contributed by atoms with E-state index in [0.29, 0.717) is 22.9 Å². The number of hydrogen-bond donors (Lipinski definition) is 2. The molecule has 26 heavy (non-hydrogen) atoms. The average Bonchev–Trinajstić information content (AvgIpc) is 3.31. The van der Waals surface area contributed by atoms with Crippen LogP contribution in [0.1, 0.15) is 37.2 Å². The van der Waals surface area contributed by atoms with Gasteiger partial charge in [0.1, 0.15) is 6.07 Å². The molecule has 0 saturated heterocycles. The summed E-state index contributed by atoms with van der Waals surface area (Å²) in [5.41, 5.74) is 0.692. The lowest BCUT2D eigenvalue weighted by Crippen LogP contribution is -2.46. The molecule has 132 valence electrons. The highest BCUT2D eigenvalue weighted by Gasteiger charge is 2.38. The molecule has 2 aliphatic rings. The fraction of sp³-hybridized carbons (Fsp3) is 0.333. The first-order valence-electron chi connectivity index (χ1n) is 8.41. The molecular weight excluding hydrogens is 334 g/mol. The Morgan fingerprint density at radius 2 is 2.00 bits per heavy atom. The largest absolute Gasteiger partial charge is 0.454 e. The number of carbonyl (C=O) groups excluding carboxylic acids is 1. The molecule has 1 aromatic heterocycles. The van der Waals surface area contributed by atoms with Crippen molar-refractivity contribution in [1.82, 2.24) is 15.3 Å². The molecule has 0 atom stereocenters. The number of amides is 2. The van der Waals surface area contributed by atoms with E-state index in [1.807, 2.05) is 6.07 Å². The van der Waals surface area contributed by atoms with Gasteiger partial charge in [0.25, 0.3) is 0 Å². The summed E-state index contributed by atoms with van der Waals surface area (Å²) < 4.78 is 10.6. The first-order chi connectivity index (χ1) is 12.7. The summed E-state index contributed by atoms with van der Waals surface area (Å²) in [5, 5.41) is 14.9. The lowest BCUT2D eigenvalue weighted by atomic mass is 9.93. The van der Waals surface area contributed by atoms with E-state index in [9.17, 15) is 4.79 Å². The maximum atomic E-state index is 12.6. The van der Waals surface area contributed by atoms with E-state index in [1.165, 1.54) is 0 Å². The minimum absolute atomic E-state index is 0.103. The van der Waals surface area contributed by atoms with Crippen LogP contribution in [0, 0.1) is 11.3 Å². The summed E-state index contributed by atoms with van der Waals surface area (Å²) >= 11 is 0. The van der Waals surface area contributed by atoms with Crippen LogP contribution in [0.2, 0.25) is 0 Å². The van der Waals surface area contributed by atoms with E-state index in [4.69, 9.17) is 14.7 Å². The molecule has 1 aliphatic heterocycles. The number of aromatic nitrogens is 2. The molecule has 1 aromatic carbocycles. The molecule has 0 spiro atoms. The highest BCUT2D eigenvalue weighted by Crippen LogP contribution is 2.38. The van der Waals surface area contributed by atoms with Gasteiger partial charge in [0.15, 0.2) is 11.5 Å². The number of anilines is 1. The molecule has 1 aliphatic carbocycles. The van der Waals surface area contributed by atoms with Gasteiger partial charge >= 0.3 is 6.03 Å². The Morgan fingerprint density at radius 3 is 2.81 bits per heavy atom. The number of urea groups is 1. The zero-order valence-electron chi connectivity index (χ0n) is 14.0. The number of fused-ring (bicyclic) bond motifs is 1. The lowest BCUT2D eigenvalue weighted by Gasteiger charge is -2.29. The Bertz CT molecular complexity index is 887. The highest BCUT2D eigenvalue weighted by atomic mass is 16.7. The van der Waals surface area contributed by atoms with E-state index >= 15 is 0 Å². The third kappa shape index (κ3) is 2.99. The summed E-state index contributed by atoms with van der Waals surface area (Å²) in [4.78, 5) is 20.8. The second-order valence-corrected chi connectivity index (χ2v) is 6.31. The normalized spacial score (nSPS) is 16.7. The monoisotopic (exact) mass is 351 g/mol. The molecule has 0 radical (unpaired) electrons. The molecule has 2 N–H and O–H groups in total. The Morgan fingerprint density at radius 1 is 1.19 bits per heavy atom. The molecule has 8 heteroatoms. The van der Waals surface area contributed by atoms with Gasteiger partial charge in [-0.05, 0) is 31.0 Å². The van der Waals surface area contributed by atoms with Crippen LogP contribution in [0.25, 0.3) is 0 Å². The lowest BCUT2D eigenvalue weighted by molar-refractivity contribution is 0.174. The number of nitrogens with zero attached hydrogens (tertiary/aromatic N) is 3. The third-order valence-electron chi connectivity index (χ3n) is 4.69. The van der Waals surface area contributed by atoms with Crippen molar-refractivity contribution in [3.8, 4) is 17.6 Å². The van der Waals surface area contributed by atoms with Gasteiger partial charge in [0, 0.05) is 18.0 Å². The maximum Gasteiger partial charge on any atom is 0.319 e. The van der Waals surface area contributed by atoms with Crippen LogP contribution in [-0.4, -0.2) is 22.8 Å². The average molecular weight is 351 g/mol. The second-order valence-electron chi connectivity index (χ2n) is 6.31. The number of nitrogens with one attached hydrogen (secondary N) is 2. The van der Waals surface area contributed by atoms with Crippen molar-refractivity contribution in [3.05, 3.63) is 42.0 Å². The van der Waals surface area contributed by atoms with Crippen LogP contribution < -0.4 is 20.1 Å². The predicted octanol–water partition coefficient (Wildman–Crippen LogP) is 2.67. The molecule has 2 amide bonds. The fourth-order valence-electron chi connectivity index (χ4n) is 3.46. The predicted molar refractivity (Wildman–Crippen MR) is 91.6 cm³/mol. The van der Waals surface area contributed by atoms with Gasteiger partial charge in [-0.3, -0.25) is 0 Å². The molecule has 1 saturated carbocycles. The van der Waals surface area contributed by atoms with Crippen molar-refractivity contribution in [2.75, 3.05) is 12.1 Å². The van der Waals surface area contributed by atoms with Crippen molar-refractivity contribution < 1.29 is 14.3 Å². The number of benzene rings is 1.